The Kier molecular flexibility index (Phi) is 5.98. The van der Waals surface area contributed by atoms with Crippen LogP contribution in [0.3, 0.4) is 0 Å². The molecular formula is C46H34O. The van der Waals surface area contributed by atoms with Crippen molar-refractivity contribution in [1.82, 2.24) is 0 Å². The molecule has 0 saturated heterocycles. The van der Waals surface area contributed by atoms with Gasteiger partial charge in [-0.3, -0.25) is 0 Å². The highest BCUT2D eigenvalue weighted by atomic mass is 16.3. The van der Waals surface area contributed by atoms with Crippen molar-refractivity contribution in [3.8, 4) is 33.4 Å². The highest BCUT2D eigenvalue weighted by molar-refractivity contribution is 6.24. The number of furan rings is 1. The molecule has 0 aliphatic heterocycles. The van der Waals surface area contributed by atoms with Gasteiger partial charge in [0.15, 0.2) is 0 Å². The largest absolute Gasteiger partial charge is 0.456 e. The lowest BCUT2D eigenvalue weighted by atomic mass is 9.76. The molecule has 0 atom stereocenters. The molecule has 9 rings (SSSR count). The lowest BCUT2D eigenvalue weighted by Crippen LogP contribution is -2.16. The van der Waals surface area contributed by atoms with Gasteiger partial charge in [-0.25, -0.2) is 0 Å². The first-order chi connectivity index (χ1) is 23.0. The van der Waals surface area contributed by atoms with Gasteiger partial charge in [0, 0.05) is 16.2 Å². The van der Waals surface area contributed by atoms with Crippen LogP contribution in [0, 0.1) is 0 Å². The smallest absolute Gasteiger partial charge is 0.136 e. The number of benzene rings is 7. The summed E-state index contributed by atoms with van der Waals surface area (Å²) in [6.07, 6.45) is 6.17. The van der Waals surface area contributed by atoms with Gasteiger partial charge in [-0.2, -0.15) is 0 Å². The molecule has 0 fully saturated rings. The standard InChI is InChI=1S/C46H34O/c1-5-16-30-25-36-39(26-28(30)6-2)47-40-27-37(45-44(43(36)40)35-23-14-15-24-38(35)46(45,3)4)42-33-21-12-10-19-31(33)41(29-17-8-7-9-18-29)32-20-11-13-22-34(32)42/h5-27H,2H2,1,3-4H3/b16-5-. The summed E-state index contributed by atoms with van der Waals surface area (Å²) in [6.45, 7) is 10.9. The summed E-state index contributed by atoms with van der Waals surface area (Å²) in [4.78, 5) is 0. The molecule has 47 heavy (non-hydrogen) atoms. The van der Waals surface area contributed by atoms with Crippen molar-refractivity contribution in [3.05, 3.63) is 156 Å². The van der Waals surface area contributed by atoms with Crippen molar-refractivity contribution in [3.63, 3.8) is 0 Å². The molecule has 0 spiro atoms. The predicted octanol–water partition coefficient (Wildman–Crippen LogP) is 13.2. The SMILES string of the molecule is C=Cc1cc2oc3cc(-c4c5ccccc5c(-c5ccccc5)c5ccccc45)c4c(c3c2cc1/C=C\C)-c1ccccc1C4(C)C. The average Bonchev–Trinajstić information content (AvgIpc) is 3.58. The number of rotatable bonds is 4. The molecule has 224 valence electrons. The molecule has 7 aromatic carbocycles. The number of hydrogen-bond acceptors (Lipinski definition) is 1. The van der Waals surface area contributed by atoms with Crippen LogP contribution in [0.15, 0.2) is 138 Å². The van der Waals surface area contributed by atoms with E-state index in [4.69, 9.17) is 4.42 Å². The Morgan fingerprint density at radius 1 is 0.574 bits per heavy atom. The second kappa shape index (κ2) is 10.2. The van der Waals surface area contributed by atoms with Crippen LogP contribution in [-0.4, -0.2) is 0 Å². The first-order valence-corrected chi connectivity index (χ1v) is 16.4. The molecule has 0 radical (unpaired) electrons. The van der Waals surface area contributed by atoms with Gasteiger partial charge in [0.2, 0.25) is 0 Å². The maximum Gasteiger partial charge on any atom is 0.136 e. The van der Waals surface area contributed by atoms with Crippen LogP contribution in [0.2, 0.25) is 0 Å². The van der Waals surface area contributed by atoms with Crippen molar-refractivity contribution < 1.29 is 4.42 Å². The van der Waals surface area contributed by atoms with Crippen molar-refractivity contribution in [2.45, 2.75) is 26.2 Å². The molecule has 0 N–H and O–H groups in total. The third-order valence-corrected chi connectivity index (χ3v) is 10.3. The Labute approximate surface area is 275 Å². The van der Waals surface area contributed by atoms with Gasteiger partial charge in [0.25, 0.3) is 0 Å². The van der Waals surface area contributed by atoms with Crippen molar-refractivity contribution in [2.75, 3.05) is 0 Å². The number of fused-ring (bicyclic) bond motifs is 9. The van der Waals surface area contributed by atoms with Gasteiger partial charge in [-0.05, 0) is 102 Å². The summed E-state index contributed by atoms with van der Waals surface area (Å²) >= 11 is 0. The Balaban J connectivity index is 1.50. The summed E-state index contributed by atoms with van der Waals surface area (Å²) in [5.41, 5.74) is 14.1. The van der Waals surface area contributed by atoms with E-state index in [1.807, 2.05) is 6.08 Å². The molecule has 1 nitrogen and oxygen atoms in total. The Bertz CT molecular complexity index is 2550. The first-order valence-electron chi connectivity index (χ1n) is 16.4. The van der Waals surface area contributed by atoms with Crippen LogP contribution in [0.5, 0.6) is 0 Å². The maximum atomic E-state index is 6.84. The van der Waals surface area contributed by atoms with Gasteiger partial charge in [-0.1, -0.05) is 142 Å². The van der Waals surface area contributed by atoms with Crippen LogP contribution in [-0.2, 0) is 5.41 Å². The van der Waals surface area contributed by atoms with Crippen molar-refractivity contribution >= 4 is 55.6 Å². The maximum absolute atomic E-state index is 6.84. The van der Waals surface area contributed by atoms with E-state index in [1.165, 1.54) is 71.4 Å². The average molecular weight is 603 g/mol. The van der Waals surface area contributed by atoms with Gasteiger partial charge in [-0.15, -0.1) is 0 Å². The zero-order chi connectivity index (χ0) is 31.9. The minimum Gasteiger partial charge on any atom is -0.456 e. The summed E-state index contributed by atoms with van der Waals surface area (Å²) in [5.74, 6) is 0. The third kappa shape index (κ3) is 3.84. The molecule has 1 heteroatoms. The van der Waals surface area contributed by atoms with Gasteiger partial charge >= 0.3 is 0 Å². The van der Waals surface area contributed by atoms with E-state index in [9.17, 15) is 0 Å². The van der Waals surface area contributed by atoms with Gasteiger partial charge in [0.1, 0.15) is 11.2 Å². The Morgan fingerprint density at radius 2 is 1.19 bits per heavy atom. The highest BCUT2D eigenvalue weighted by Crippen LogP contribution is 2.58. The fraction of sp³-hybridized carbons (Fsp3) is 0.0870. The molecule has 0 saturated carbocycles. The minimum absolute atomic E-state index is 0.230. The van der Waals surface area contributed by atoms with Crippen LogP contribution in [0.1, 0.15) is 43.0 Å². The zero-order valence-electron chi connectivity index (χ0n) is 26.9. The molecule has 0 unspecified atom stereocenters. The summed E-state index contributed by atoms with van der Waals surface area (Å²) < 4.78 is 6.84. The summed E-state index contributed by atoms with van der Waals surface area (Å²) in [7, 11) is 0. The normalized spacial score (nSPS) is 13.6. The van der Waals surface area contributed by atoms with Crippen molar-refractivity contribution in [1.29, 1.82) is 0 Å². The van der Waals surface area contributed by atoms with Gasteiger partial charge < -0.3 is 4.42 Å². The van der Waals surface area contributed by atoms with Crippen LogP contribution in [0.25, 0.3) is 89.0 Å². The van der Waals surface area contributed by atoms with E-state index in [0.29, 0.717) is 0 Å². The molecule has 1 aliphatic rings. The van der Waals surface area contributed by atoms with Crippen molar-refractivity contribution in [2.24, 2.45) is 0 Å². The van der Waals surface area contributed by atoms with E-state index >= 15 is 0 Å². The third-order valence-electron chi connectivity index (χ3n) is 10.3. The molecule has 1 aromatic heterocycles. The van der Waals surface area contributed by atoms with E-state index in [-0.39, 0.29) is 5.41 Å². The Hall–Kier alpha value is -5.66. The van der Waals surface area contributed by atoms with Gasteiger partial charge in [0.05, 0.1) is 0 Å². The molecule has 1 heterocycles. The number of hydrogen-bond donors (Lipinski definition) is 0. The second-order valence-corrected chi connectivity index (χ2v) is 13.2. The van der Waals surface area contributed by atoms with Crippen LogP contribution < -0.4 is 0 Å². The quantitative estimate of drug-likeness (QED) is 0.183. The minimum atomic E-state index is -0.230. The van der Waals surface area contributed by atoms with Crippen LogP contribution in [0.4, 0.5) is 0 Å². The lowest BCUT2D eigenvalue weighted by Gasteiger charge is -2.26. The second-order valence-electron chi connectivity index (χ2n) is 13.2. The predicted molar refractivity (Wildman–Crippen MR) is 202 cm³/mol. The first kappa shape index (κ1) is 27.6. The lowest BCUT2D eigenvalue weighted by molar-refractivity contribution is 0.658. The fourth-order valence-electron chi connectivity index (χ4n) is 8.35. The highest BCUT2D eigenvalue weighted by Gasteiger charge is 2.40. The monoisotopic (exact) mass is 602 g/mol. The molecule has 8 aromatic rings. The molecular weight excluding hydrogens is 569 g/mol. The molecule has 0 amide bonds. The molecule has 0 bridgehead atoms. The van der Waals surface area contributed by atoms with E-state index in [2.05, 4.69) is 161 Å². The Morgan fingerprint density at radius 3 is 1.85 bits per heavy atom. The topological polar surface area (TPSA) is 13.1 Å². The van der Waals surface area contributed by atoms with E-state index in [0.717, 1.165) is 27.7 Å². The van der Waals surface area contributed by atoms with E-state index < -0.39 is 0 Å². The number of allylic oxidation sites excluding steroid dienone is 1. The fourth-order valence-corrected chi connectivity index (χ4v) is 8.35. The van der Waals surface area contributed by atoms with Crippen LogP contribution >= 0.6 is 0 Å². The summed E-state index contributed by atoms with van der Waals surface area (Å²) in [6, 6.07) is 44.4. The van der Waals surface area contributed by atoms with E-state index in [1.54, 1.807) is 0 Å². The molecule has 1 aliphatic carbocycles. The summed E-state index contributed by atoms with van der Waals surface area (Å²) in [5, 5.41) is 7.34. The zero-order valence-corrected chi connectivity index (χ0v) is 26.9.